The number of aromatic nitrogens is 2. The molecule has 5 nitrogen and oxygen atoms in total. The standard InChI is InChI=1S/C25H25N3O2/c1-3-28(25(29)30-16-19-8-5-4-6-9-19)21-13-12-20-10-7-11-22(23(20)14-21)18(2)24-15-26-17-27-24/h4-15,17-18H,3,16H2,1-2H3,(H,26,27). The molecule has 152 valence electrons. The zero-order valence-corrected chi connectivity index (χ0v) is 17.2. The second-order valence-electron chi connectivity index (χ2n) is 7.25. The molecule has 1 heterocycles. The summed E-state index contributed by atoms with van der Waals surface area (Å²) < 4.78 is 5.56. The second kappa shape index (κ2) is 8.82. The van der Waals surface area contributed by atoms with Crippen LogP contribution in [0.4, 0.5) is 10.5 Å². The number of benzene rings is 3. The Morgan fingerprint density at radius 2 is 1.93 bits per heavy atom. The van der Waals surface area contributed by atoms with Gasteiger partial charge in [-0.2, -0.15) is 0 Å². The maximum Gasteiger partial charge on any atom is 0.414 e. The smallest absolute Gasteiger partial charge is 0.414 e. The molecule has 1 aromatic heterocycles. The Balaban J connectivity index is 1.62. The fraction of sp³-hybridized carbons (Fsp3) is 0.200. The summed E-state index contributed by atoms with van der Waals surface area (Å²) in [6.45, 7) is 4.87. The van der Waals surface area contributed by atoms with E-state index in [4.69, 9.17) is 4.74 Å². The highest BCUT2D eigenvalue weighted by atomic mass is 16.6. The quantitative estimate of drug-likeness (QED) is 0.441. The SMILES string of the molecule is CCN(C(=O)OCc1ccccc1)c1ccc2cccc(C(C)c3c[nH]cn3)c2c1. The Labute approximate surface area is 176 Å². The number of hydrogen-bond donors (Lipinski definition) is 1. The molecule has 3 aromatic carbocycles. The number of imidazole rings is 1. The van der Waals surface area contributed by atoms with Gasteiger partial charge in [0.1, 0.15) is 6.61 Å². The van der Waals surface area contributed by atoms with Crippen molar-refractivity contribution < 1.29 is 9.53 Å². The number of aromatic amines is 1. The van der Waals surface area contributed by atoms with Crippen LogP contribution in [0.5, 0.6) is 0 Å². The third-order valence-corrected chi connectivity index (χ3v) is 5.38. The van der Waals surface area contributed by atoms with Crippen LogP contribution in [0, 0.1) is 0 Å². The van der Waals surface area contributed by atoms with Gasteiger partial charge < -0.3 is 9.72 Å². The lowest BCUT2D eigenvalue weighted by molar-refractivity contribution is 0.147. The largest absolute Gasteiger partial charge is 0.444 e. The van der Waals surface area contributed by atoms with Gasteiger partial charge in [0.25, 0.3) is 0 Å². The highest BCUT2D eigenvalue weighted by Crippen LogP contribution is 2.32. The molecule has 1 atom stereocenters. The first-order valence-electron chi connectivity index (χ1n) is 10.2. The van der Waals surface area contributed by atoms with Gasteiger partial charge in [-0.25, -0.2) is 9.78 Å². The molecule has 0 aliphatic carbocycles. The maximum atomic E-state index is 12.8. The molecule has 30 heavy (non-hydrogen) atoms. The summed E-state index contributed by atoms with van der Waals surface area (Å²) in [4.78, 5) is 21.9. The predicted octanol–water partition coefficient (Wildman–Crippen LogP) is 5.88. The van der Waals surface area contributed by atoms with Crippen molar-refractivity contribution in [1.82, 2.24) is 9.97 Å². The number of nitrogens with zero attached hydrogens (tertiary/aromatic N) is 2. The Morgan fingerprint density at radius 3 is 2.67 bits per heavy atom. The van der Waals surface area contributed by atoms with E-state index in [2.05, 4.69) is 47.2 Å². The molecule has 5 heteroatoms. The monoisotopic (exact) mass is 399 g/mol. The van der Waals surface area contributed by atoms with Crippen LogP contribution in [0.15, 0.2) is 79.3 Å². The summed E-state index contributed by atoms with van der Waals surface area (Å²) >= 11 is 0. The van der Waals surface area contributed by atoms with E-state index in [0.717, 1.165) is 27.7 Å². The molecule has 0 bridgehead atoms. The molecular weight excluding hydrogens is 374 g/mol. The zero-order chi connectivity index (χ0) is 20.9. The molecule has 0 fully saturated rings. The highest BCUT2D eigenvalue weighted by molar-refractivity contribution is 5.94. The fourth-order valence-electron chi connectivity index (χ4n) is 3.71. The van der Waals surface area contributed by atoms with Gasteiger partial charge in [0.2, 0.25) is 0 Å². The van der Waals surface area contributed by atoms with Crippen LogP contribution in [-0.2, 0) is 11.3 Å². The van der Waals surface area contributed by atoms with Gasteiger partial charge in [-0.3, -0.25) is 4.90 Å². The Hall–Kier alpha value is -3.60. The van der Waals surface area contributed by atoms with Gasteiger partial charge in [-0.05, 0) is 41.0 Å². The Bertz CT molecular complexity index is 1120. The van der Waals surface area contributed by atoms with Crippen molar-refractivity contribution in [3.05, 3.63) is 96.1 Å². The summed E-state index contributed by atoms with van der Waals surface area (Å²) in [5, 5.41) is 2.24. The van der Waals surface area contributed by atoms with E-state index in [1.54, 1.807) is 11.2 Å². The molecule has 0 aliphatic rings. The van der Waals surface area contributed by atoms with Crippen LogP contribution in [0.25, 0.3) is 10.8 Å². The van der Waals surface area contributed by atoms with Crippen LogP contribution < -0.4 is 4.90 Å². The molecule has 0 radical (unpaired) electrons. The minimum Gasteiger partial charge on any atom is -0.444 e. The molecule has 1 N–H and O–H groups in total. The van der Waals surface area contributed by atoms with E-state index in [1.807, 2.05) is 49.5 Å². The van der Waals surface area contributed by atoms with Gasteiger partial charge in [0.05, 0.1) is 12.0 Å². The van der Waals surface area contributed by atoms with Crippen molar-refractivity contribution in [2.24, 2.45) is 0 Å². The van der Waals surface area contributed by atoms with E-state index in [-0.39, 0.29) is 18.6 Å². The van der Waals surface area contributed by atoms with E-state index in [9.17, 15) is 4.79 Å². The molecule has 1 unspecified atom stereocenters. The molecule has 0 aliphatic heterocycles. The van der Waals surface area contributed by atoms with Gasteiger partial charge in [0, 0.05) is 24.3 Å². The van der Waals surface area contributed by atoms with E-state index < -0.39 is 0 Å². The number of fused-ring (bicyclic) bond motifs is 1. The number of rotatable bonds is 6. The number of carbonyl (C=O) groups excluding carboxylic acids is 1. The number of carbonyl (C=O) groups is 1. The lowest BCUT2D eigenvalue weighted by atomic mass is 9.92. The number of anilines is 1. The molecule has 4 aromatic rings. The summed E-state index contributed by atoms with van der Waals surface area (Å²) in [6.07, 6.45) is 3.27. The van der Waals surface area contributed by atoms with Crippen molar-refractivity contribution in [3.63, 3.8) is 0 Å². The maximum absolute atomic E-state index is 12.8. The highest BCUT2D eigenvalue weighted by Gasteiger charge is 2.18. The molecule has 4 rings (SSSR count). The van der Waals surface area contributed by atoms with E-state index in [1.165, 1.54) is 5.56 Å². The van der Waals surface area contributed by atoms with Crippen molar-refractivity contribution >= 4 is 22.6 Å². The first kappa shape index (κ1) is 19.7. The van der Waals surface area contributed by atoms with Gasteiger partial charge in [0.15, 0.2) is 0 Å². The summed E-state index contributed by atoms with van der Waals surface area (Å²) in [5.74, 6) is 0.135. The third kappa shape index (κ3) is 4.06. The van der Waals surface area contributed by atoms with Crippen LogP contribution in [0.2, 0.25) is 0 Å². The third-order valence-electron chi connectivity index (χ3n) is 5.38. The molecule has 0 saturated heterocycles. The average Bonchev–Trinajstić information content (AvgIpc) is 3.33. The van der Waals surface area contributed by atoms with Crippen molar-refractivity contribution in [2.75, 3.05) is 11.4 Å². The minimum absolute atomic E-state index is 0.135. The van der Waals surface area contributed by atoms with Crippen LogP contribution in [0.3, 0.4) is 0 Å². The number of H-pyrrole nitrogens is 1. The van der Waals surface area contributed by atoms with Crippen LogP contribution in [-0.4, -0.2) is 22.6 Å². The van der Waals surface area contributed by atoms with Gasteiger partial charge in [-0.1, -0.05) is 61.5 Å². The van der Waals surface area contributed by atoms with Gasteiger partial charge >= 0.3 is 6.09 Å². The lowest BCUT2D eigenvalue weighted by Crippen LogP contribution is -2.31. The Morgan fingerprint density at radius 1 is 1.10 bits per heavy atom. The van der Waals surface area contributed by atoms with Gasteiger partial charge in [-0.15, -0.1) is 0 Å². The first-order valence-corrected chi connectivity index (χ1v) is 10.2. The molecule has 0 spiro atoms. The van der Waals surface area contributed by atoms with Crippen molar-refractivity contribution in [1.29, 1.82) is 0 Å². The number of amides is 1. The first-order chi connectivity index (χ1) is 14.7. The summed E-state index contributed by atoms with van der Waals surface area (Å²) in [7, 11) is 0. The van der Waals surface area contributed by atoms with Crippen molar-refractivity contribution in [3.8, 4) is 0 Å². The van der Waals surface area contributed by atoms with Crippen LogP contribution >= 0.6 is 0 Å². The normalized spacial score (nSPS) is 11.9. The summed E-state index contributed by atoms with van der Waals surface area (Å²) in [6, 6.07) is 22.1. The minimum atomic E-state index is -0.349. The van der Waals surface area contributed by atoms with E-state index in [0.29, 0.717) is 6.54 Å². The predicted molar refractivity (Wildman–Crippen MR) is 120 cm³/mol. The number of ether oxygens (including phenoxy) is 1. The second-order valence-corrected chi connectivity index (χ2v) is 7.25. The summed E-state index contributed by atoms with van der Waals surface area (Å²) in [5.41, 5.74) is 3.96. The number of hydrogen-bond acceptors (Lipinski definition) is 3. The Kier molecular flexibility index (Phi) is 5.80. The molecule has 1 amide bonds. The van der Waals surface area contributed by atoms with E-state index >= 15 is 0 Å². The van der Waals surface area contributed by atoms with Crippen molar-refractivity contribution in [2.45, 2.75) is 26.4 Å². The lowest BCUT2D eigenvalue weighted by Gasteiger charge is -2.22. The fourth-order valence-corrected chi connectivity index (χ4v) is 3.71. The number of nitrogens with one attached hydrogen (secondary N) is 1. The molecule has 0 saturated carbocycles. The molecular formula is C25H25N3O2. The zero-order valence-electron chi connectivity index (χ0n) is 17.2. The topological polar surface area (TPSA) is 58.2 Å². The average molecular weight is 399 g/mol. The van der Waals surface area contributed by atoms with Crippen LogP contribution in [0.1, 0.15) is 36.6 Å².